The summed E-state index contributed by atoms with van der Waals surface area (Å²) in [5.41, 5.74) is 6.54. The van der Waals surface area contributed by atoms with Gasteiger partial charge in [0.05, 0.1) is 5.69 Å². The van der Waals surface area contributed by atoms with Gasteiger partial charge in [0.2, 0.25) is 0 Å². The second-order valence-electron chi connectivity index (χ2n) is 4.17. The fourth-order valence-corrected chi connectivity index (χ4v) is 2.91. The number of carbonyl (C=O) groups excluding carboxylic acids is 1. The lowest BCUT2D eigenvalue weighted by Gasteiger charge is -2.00. The van der Waals surface area contributed by atoms with E-state index in [1.807, 2.05) is 24.3 Å². The van der Waals surface area contributed by atoms with Crippen molar-refractivity contribution in [1.29, 1.82) is 0 Å². The Balaban J connectivity index is 1.95. The summed E-state index contributed by atoms with van der Waals surface area (Å²) in [6.45, 7) is 0. The van der Waals surface area contributed by atoms with Crippen LogP contribution >= 0.6 is 11.3 Å². The van der Waals surface area contributed by atoms with E-state index >= 15 is 0 Å². The zero-order valence-electron chi connectivity index (χ0n) is 10.3. The Morgan fingerprint density at radius 3 is 2.84 bits per heavy atom. The summed E-state index contributed by atoms with van der Waals surface area (Å²) in [6, 6.07) is 9.44. The van der Waals surface area contributed by atoms with Crippen molar-refractivity contribution in [2.24, 2.45) is 7.05 Å². The Morgan fingerprint density at radius 1 is 1.37 bits per heavy atom. The molecular weight excluding hydrogens is 260 g/mol. The standard InChI is InChI=1S/C13H12N4OS/c1-17-7-6-10(16-17)15-13(18)12-11(14)8-4-2-3-5-9(8)19-12/h2-7H,14H2,1H3,(H,15,16,18). The Labute approximate surface area is 113 Å². The maximum Gasteiger partial charge on any atom is 0.269 e. The average molecular weight is 272 g/mol. The maximum atomic E-state index is 12.2. The van der Waals surface area contributed by atoms with E-state index in [4.69, 9.17) is 5.73 Å². The van der Waals surface area contributed by atoms with E-state index in [0.717, 1.165) is 10.1 Å². The van der Waals surface area contributed by atoms with Gasteiger partial charge in [-0.1, -0.05) is 18.2 Å². The van der Waals surface area contributed by atoms with E-state index in [-0.39, 0.29) is 5.91 Å². The topological polar surface area (TPSA) is 72.9 Å². The number of aryl methyl sites for hydroxylation is 1. The monoisotopic (exact) mass is 272 g/mol. The second kappa shape index (κ2) is 4.40. The minimum Gasteiger partial charge on any atom is -0.397 e. The minimum atomic E-state index is -0.225. The first-order valence-electron chi connectivity index (χ1n) is 5.73. The average Bonchev–Trinajstić information content (AvgIpc) is 2.94. The van der Waals surface area contributed by atoms with Crippen LogP contribution < -0.4 is 11.1 Å². The summed E-state index contributed by atoms with van der Waals surface area (Å²) in [5.74, 6) is 0.293. The van der Waals surface area contributed by atoms with Crippen molar-refractivity contribution in [3.63, 3.8) is 0 Å². The zero-order valence-corrected chi connectivity index (χ0v) is 11.1. The van der Waals surface area contributed by atoms with E-state index in [1.165, 1.54) is 11.3 Å². The minimum absolute atomic E-state index is 0.225. The SMILES string of the molecule is Cn1ccc(NC(=O)c2sc3ccccc3c2N)n1. The number of anilines is 2. The normalized spacial score (nSPS) is 10.8. The number of nitrogens with one attached hydrogen (secondary N) is 1. The highest BCUT2D eigenvalue weighted by Gasteiger charge is 2.16. The predicted molar refractivity (Wildman–Crippen MR) is 77.4 cm³/mol. The molecule has 0 aliphatic rings. The van der Waals surface area contributed by atoms with Gasteiger partial charge >= 0.3 is 0 Å². The summed E-state index contributed by atoms with van der Waals surface area (Å²) >= 11 is 1.39. The Kier molecular flexibility index (Phi) is 2.72. The number of hydrogen-bond donors (Lipinski definition) is 2. The first-order valence-corrected chi connectivity index (χ1v) is 6.55. The zero-order chi connectivity index (χ0) is 13.4. The highest BCUT2D eigenvalue weighted by Crippen LogP contribution is 2.33. The number of hydrogen-bond acceptors (Lipinski definition) is 4. The molecule has 3 aromatic rings. The fraction of sp³-hybridized carbons (Fsp3) is 0.0769. The molecule has 0 unspecified atom stereocenters. The van der Waals surface area contributed by atoms with Gasteiger partial charge in [-0.3, -0.25) is 9.48 Å². The molecule has 0 fully saturated rings. The van der Waals surface area contributed by atoms with Crippen LogP contribution in [-0.4, -0.2) is 15.7 Å². The van der Waals surface area contributed by atoms with E-state index in [2.05, 4.69) is 10.4 Å². The van der Waals surface area contributed by atoms with Gasteiger partial charge < -0.3 is 11.1 Å². The van der Waals surface area contributed by atoms with Crippen LogP contribution in [0.15, 0.2) is 36.5 Å². The van der Waals surface area contributed by atoms with Gasteiger partial charge in [-0.2, -0.15) is 5.10 Å². The molecule has 0 radical (unpaired) electrons. The van der Waals surface area contributed by atoms with Crippen molar-refractivity contribution in [3.8, 4) is 0 Å². The molecule has 6 heteroatoms. The van der Waals surface area contributed by atoms with Crippen LogP contribution in [-0.2, 0) is 7.05 Å². The number of thiophene rings is 1. The highest BCUT2D eigenvalue weighted by molar-refractivity contribution is 7.21. The lowest BCUT2D eigenvalue weighted by Crippen LogP contribution is -2.12. The number of nitrogen functional groups attached to an aromatic ring is 1. The molecule has 19 heavy (non-hydrogen) atoms. The van der Waals surface area contributed by atoms with Crippen molar-refractivity contribution < 1.29 is 4.79 Å². The third-order valence-electron chi connectivity index (χ3n) is 2.80. The molecule has 3 N–H and O–H groups in total. The molecule has 2 aromatic heterocycles. The molecule has 3 rings (SSSR count). The molecule has 1 aromatic carbocycles. The van der Waals surface area contributed by atoms with Crippen molar-refractivity contribution in [2.45, 2.75) is 0 Å². The van der Waals surface area contributed by atoms with Gasteiger partial charge in [-0.05, 0) is 6.07 Å². The molecule has 0 spiro atoms. The number of carbonyl (C=O) groups is 1. The summed E-state index contributed by atoms with van der Waals surface area (Å²) in [5, 5.41) is 7.76. The van der Waals surface area contributed by atoms with E-state index < -0.39 is 0 Å². The van der Waals surface area contributed by atoms with Gasteiger partial charge in [0, 0.05) is 29.4 Å². The van der Waals surface area contributed by atoms with E-state index in [1.54, 1.807) is 24.0 Å². The first-order chi connectivity index (χ1) is 9.15. The fourth-order valence-electron chi connectivity index (χ4n) is 1.89. The largest absolute Gasteiger partial charge is 0.397 e. The Hall–Kier alpha value is -2.34. The summed E-state index contributed by atoms with van der Waals surface area (Å²) in [4.78, 5) is 12.7. The lowest BCUT2D eigenvalue weighted by atomic mass is 10.2. The molecular formula is C13H12N4OS. The third-order valence-corrected chi connectivity index (χ3v) is 3.98. The lowest BCUT2D eigenvalue weighted by molar-refractivity contribution is 0.103. The number of nitrogens with zero attached hydrogens (tertiary/aromatic N) is 2. The summed E-state index contributed by atoms with van der Waals surface area (Å²) < 4.78 is 2.63. The van der Waals surface area contributed by atoms with E-state index in [0.29, 0.717) is 16.4 Å². The number of aromatic nitrogens is 2. The molecule has 0 aliphatic carbocycles. The van der Waals surface area contributed by atoms with Crippen molar-refractivity contribution >= 4 is 38.8 Å². The number of nitrogens with two attached hydrogens (primary N) is 1. The van der Waals surface area contributed by atoms with Gasteiger partial charge in [0.15, 0.2) is 5.82 Å². The van der Waals surface area contributed by atoms with Crippen LogP contribution in [0.1, 0.15) is 9.67 Å². The van der Waals surface area contributed by atoms with Crippen LogP contribution in [0, 0.1) is 0 Å². The van der Waals surface area contributed by atoms with Crippen molar-refractivity contribution in [3.05, 3.63) is 41.4 Å². The van der Waals surface area contributed by atoms with Gasteiger partial charge in [-0.15, -0.1) is 11.3 Å². The van der Waals surface area contributed by atoms with Crippen LogP contribution in [0.3, 0.4) is 0 Å². The first kappa shape index (κ1) is 11.7. The van der Waals surface area contributed by atoms with Crippen molar-refractivity contribution in [2.75, 3.05) is 11.1 Å². The quantitative estimate of drug-likeness (QED) is 0.752. The van der Waals surface area contributed by atoms with Crippen LogP contribution in [0.4, 0.5) is 11.5 Å². The molecule has 0 saturated heterocycles. The molecule has 1 amide bonds. The number of fused-ring (bicyclic) bond motifs is 1. The molecule has 5 nitrogen and oxygen atoms in total. The predicted octanol–water partition coefficient (Wildman–Crippen LogP) is 2.47. The van der Waals surface area contributed by atoms with Gasteiger partial charge in [0.25, 0.3) is 5.91 Å². The van der Waals surface area contributed by atoms with Crippen LogP contribution in [0.25, 0.3) is 10.1 Å². The molecule has 96 valence electrons. The molecule has 0 saturated carbocycles. The maximum absolute atomic E-state index is 12.2. The van der Waals surface area contributed by atoms with Crippen LogP contribution in [0.5, 0.6) is 0 Å². The summed E-state index contributed by atoms with van der Waals surface area (Å²) in [6.07, 6.45) is 1.77. The summed E-state index contributed by atoms with van der Waals surface area (Å²) in [7, 11) is 1.80. The van der Waals surface area contributed by atoms with E-state index in [9.17, 15) is 4.79 Å². The number of rotatable bonds is 2. The van der Waals surface area contributed by atoms with Gasteiger partial charge in [0.1, 0.15) is 4.88 Å². The molecule has 0 aliphatic heterocycles. The molecule has 2 heterocycles. The third kappa shape index (κ3) is 2.06. The molecule has 0 atom stereocenters. The molecule has 0 bridgehead atoms. The van der Waals surface area contributed by atoms with Crippen molar-refractivity contribution in [1.82, 2.24) is 9.78 Å². The second-order valence-corrected chi connectivity index (χ2v) is 5.22. The Morgan fingerprint density at radius 2 is 2.16 bits per heavy atom. The number of amides is 1. The smallest absolute Gasteiger partial charge is 0.269 e. The van der Waals surface area contributed by atoms with Crippen LogP contribution in [0.2, 0.25) is 0 Å². The number of benzene rings is 1. The Bertz CT molecular complexity index is 759. The van der Waals surface area contributed by atoms with Gasteiger partial charge in [-0.25, -0.2) is 0 Å². The highest BCUT2D eigenvalue weighted by atomic mass is 32.1.